The molecule has 0 aromatic rings. The largest absolute Gasteiger partial charge is 0.480 e. The third kappa shape index (κ3) is 6.29. The van der Waals surface area contributed by atoms with Crippen molar-refractivity contribution in [1.82, 2.24) is 10.6 Å². The van der Waals surface area contributed by atoms with Gasteiger partial charge in [-0.2, -0.15) is 0 Å². The Hall–Kier alpha value is -1.66. The summed E-state index contributed by atoms with van der Waals surface area (Å²) in [7, 11) is 0. The molecule has 0 spiro atoms. The average Bonchev–Trinajstić information content (AvgIpc) is 2.60. The second kappa shape index (κ2) is 9.73. The minimum Gasteiger partial charge on any atom is -0.480 e. The Morgan fingerprint density at radius 2 is 1.64 bits per heavy atom. The summed E-state index contributed by atoms with van der Waals surface area (Å²) in [5, 5.41) is 14.1. The minimum atomic E-state index is -1.47. The summed E-state index contributed by atoms with van der Waals surface area (Å²) in [5.74, 6) is -1.47. The summed E-state index contributed by atoms with van der Waals surface area (Å²) < 4.78 is 12.6. The molecule has 2 saturated carbocycles. The molecule has 3 N–H and O–H groups in total. The monoisotopic (exact) mass is 356 g/mol. The van der Waals surface area contributed by atoms with Crippen molar-refractivity contribution in [3.8, 4) is 0 Å². The van der Waals surface area contributed by atoms with Gasteiger partial charge in [0.15, 0.2) is 6.04 Å². The summed E-state index contributed by atoms with van der Waals surface area (Å²) >= 11 is 0. The van der Waals surface area contributed by atoms with Gasteiger partial charge in [0.2, 0.25) is 11.8 Å². The van der Waals surface area contributed by atoms with E-state index in [9.17, 15) is 18.8 Å². The second-order valence-corrected chi connectivity index (χ2v) is 7.38. The average molecular weight is 356 g/mol. The van der Waals surface area contributed by atoms with Gasteiger partial charge in [-0.25, -0.2) is 9.18 Å². The van der Waals surface area contributed by atoms with Crippen molar-refractivity contribution in [3.05, 3.63) is 0 Å². The number of amides is 2. The van der Waals surface area contributed by atoms with Crippen LogP contribution in [0.25, 0.3) is 0 Å². The van der Waals surface area contributed by atoms with Crippen molar-refractivity contribution < 1.29 is 23.9 Å². The Kier molecular flexibility index (Phi) is 7.65. The fourth-order valence-corrected chi connectivity index (χ4v) is 3.90. The Bertz CT molecular complexity index is 472. The maximum absolute atomic E-state index is 12.6. The van der Waals surface area contributed by atoms with Crippen LogP contribution in [0.1, 0.15) is 64.2 Å². The summed E-state index contributed by atoms with van der Waals surface area (Å²) in [5.41, 5.74) is 0. The highest BCUT2D eigenvalue weighted by Crippen LogP contribution is 2.27. The maximum atomic E-state index is 12.6. The highest BCUT2D eigenvalue weighted by atomic mass is 19.1. The standard InChI is InChI=1S/C18H29FN2O4/c19-11-15(18(24)25)21-17(23)13-6-8-14(9-7-13)20-16(22)10-12-4-2-1-3-5-12/h12-15H,1-11H2,(H,20,22)(H,21,23)(H,24,25). The Morgan fingerprint density at radius 1 is 1.00 bits per heavy atom. The summed E-state index contributed by atoms with van der Waals surface area (Å²) in [6, 6.07) is -1.39. The van der Waals surface area contributed by atoms with E-state index in [0.29, 0.717) is 38.0 Å². The first-order valence-corrected chi connectivity index (χ1v) is 9.38. The first-order chi connectivity index (χ1) is 12.0. The highest BCUT2D eigenvalue weighted by molar-refractivity contribution is 5.85. The molecule has 0 bridgehead atoms. The second-order valence-electron chi connectivity index (χ2n) is 7.38. The highest BCUT2D eigenvalue weighted by Gasteiger charge is 2.30. The number of carbonyl (C=O) groups excluding carboxylic acids is 2. The molecule has 1 unspecified atom stereocenters. The van der Waals surface area contributed by atoms with Gasteiger partial charge in [-0.3, -0.25) is 9.59 Å². The van der Waals surface area contributed by atoms with E-state index in [1.807, 2.05) is 0 Å². The molecule has 2 aliphatic rings. The number of nitrogens with one attached hydrogen (secondary N) is 2. The van der Waals surface area contributed by atoms with E-state index in [-0.39, 0.29) is 17.9 Å². The van der Waals surface area contributed by atoms with Crippen molar-refractivity contribution in [3.63, 3.8) is 0 Å². The molecule has 0 aromatic carbocycles. The van der Waals surface area contributed by atoms with Gasteiger partial charge in [0.25, 0.3) is 0 Å². The molecule has 0 radical (unpaired) electrons. The van der Waals surface area contributed by atoms with E-state index < -0.39 is 24.6 Å². The van der Waals surface area contributed by atoms with Crippen LogP contribution < -0.4 is 10.6 Å². The van der Waals surface area contributed by atoms with E-state index >= 15 is 0 Å². The summed E-state index contributed by atoms with van der Waals surface area (Å²) in [6.45, 7) is -1.12. The quantitative estimate of drug-likeness (QED) is 0.651. The zero-order chi connectivity index (χ0) is 18.2. The van der Waals surface area contributed by atoms with Crippen LogP contribution >= 0.6 is 0 Å². The maximum Gasteiger partial charge on any atom is 0.328 e. The number of alkyl halides is 1. The molecule has 7 heteroatoms. The van der Waals surface area contributed by atoms with Crippen LogP contribution in [0.5, 0.6) is 0 Å². The molecule has 25 heavy (non-hydrogen) atoms. The summed E-state index contributed by atoms with van der Waals surface area (Å²) in [6.07, 6.45) is 9.13. The normalized spacial score (nSPS) is 25.8. The van der Waals surface area contributed by atoms with E-state index in [2.05, 4.69) is 10.6 Å². The van der Waals surface area contributed by atoms with Gasteiger partial charge >= 0.3 is 5.97 Å². The molecular formula is C18H29FN2O4. The van der Waals surface area contributed by atoms with Crippen LogP contribution in [-0.4, -0.2) is 41.6 Å². The molecule has 0 aromatic heterocycles. The van der Waals surface area contributed by atoms with Crippen LogP contribution in [0.4, 0.5) is 4.39 Å². The molecular weight excluding hydrogens is 327 g/mol. The fourth-order valence-electron chi connectivity index (χ4n) is 3.90. The number of hydrogen-bond acceptors (Lipinski definition) is 3. The topological polar surface area (TPSA) is 95.5 Å². The number of carboxylic acid groups (broad SMARTS) is 1. The number of carboxylic acids is 1. The van der Waals surface area contributed by atoms with Gasteiger partial charge < -0.3 is 15.7 Å². The van der Waals surface area contributed by atoms with Crippen molar-refractivity contribution in [2.24, 2.45) is 11.8 Å². The zero-order valence-electron chi connectivity index (χ0n) is 14.6. The van der Waals surface area contributed by atoms with Gasteiger partial charge in [0.1, 0.15) is 6.67 Å². The Labute approximate surface area is 147 Å². The molecule has 2 amide bonds. The lowest BCUT2D eigenvalue weighted by atomic mass is 9.84. The Balaban J connectivity index is 1.69. The van der Waals surface area contributed by atoms with E-state index in [0.717, 1.165) is 12.8 Å². The molecule has 0 aliphatic heterocycles. The summed E-state index contributed by atoms with van der Waals surface area (Å²) in [4.78, 5) is 35.0. The van der Waals surface area contributed by atoms with Crippen LogP contribution in [-0.2, 0) is 14.4 Å². The molecule has 0 saturated heterocycles. The molecule has 1 atom stereocenters. The number of carbonyl (C=O) groups is 3. The first kappa shape index (κ1) is 19.7. The number of rotatable bonds is 7. The van der Waals surface area contributed by atoms with E-state index in [1.165, 1.54) is 19.3 Å². The van der Waals surface area contributed by atoms with Gasteiger partial charge in [-0.05, 0) is 44.4 Å². The fraction of sp³-hybridized carbons (Fsp3) is 0.833. The molecule has 0 heterocycles. The lowest BCUT2D eigenvalue weighted by Crippen LogP contribution is -2.47. The Morgan fingerprint density at radius 3 is 2.20 bits per heavy atom. The number of aliphatic carboxylic acids is 1. The third-order valence-electron chi connectivity index (χ3n) is 5.43. The van der Waals surface area contributed by atoms with Gasteiger partial charge in [0, 0.05) is 18.4 Å². The molecule has 2 fully saturated rings. The predicted molar refractivity (Wildman–Crippen MR) is 90.6 cm³/mol. The SMILES string of the molecule is O=C(CC1CCCCC1)NC1CCC(C(=O)NC(CF)C(=O)O)CC1. The third-order valence-corrected chi connectivity index (χ3v) is 5.43. The zero-order valence-corrected chi connectivity index (χ0v) is 14.6. The van der Waals surface area contributed by atoms with Crippen LogP contribution in [0.2, 0.25) is 0 Å². The van der Waals surface area contributed by atoms with Crippen LogP contribution in [0.3, 0.4) is 0 Å². The molecule has 2 rings (SSSR count). The van der Waals surface area contributed by atoms with Crippen molar-refractivity contribution in [1.29, 1.82) is 0 Å². The smallest absolute Gasteiger partial charge is 0.328 e. The molecule has 142 valence electrons. The first-order valence-electron chi connectivity index (χ1n) is 9.38. The number of hydrogen-bond donors (Lipinski definition) is 3. The van der Waals surface area contributed by atoms with E-state index in [4.69, 9.17) is 5.11 Å². The lowest BCUT2D eigenvalue weighted by Gasteiger charge is -2.29. The molecule has 2 aliphatic carbocycles. The number of halogens is 1. The van der Waals surface area contributed by atoms with Crippen molar-refractivity contribution in [2.75, 3.05) is 6.67 Å². The van der Waals surface area contributed by atoms with Crippen LogP contribution in [0.15, 0.2) is 0 Å². The van der Waals surface area contributed by atoms with Crippen LogP contribution in [0, 0.1) is 11.8 Å². The minimum absolute atomic E-state index is 0.0802. The van der Waals surface area contributed by atoms with Gasteiger partial charge in [-0.1, -0.05) is 19.3 Å². The van der Waals surface area contributed by atoms with Crippen molar-refractivity contribution >= 4 is 17.8 Å². The van der Waals surface area contributed by atoms with Gasteiger partial charge in [0.05, 0.1) is 0 Å². The van der Waals surface area contributed by atoms with Gasteiger partial charge in [-0.15, -0.1) is 0 Å². The van der Waals surface area contributed by atoms with E-state index in [1.54, 1.807) is 0 Å². The lowest BCUT2D eigenvalue weighted by molar-refractivity contribution is -0.143. The van der Waals surface area contributed by atoms with Crippen molar-refractivity contribution in [2.45, 2.75) is 76.3 Å². The predicted octanol–water partition coefficient (Wildman–Crippen LogP) is 2.17. The molecule has 6 nitrogen and oxygen atoms in total.